The van der Waals surface area contributed by atoms with Crippen molar-refractivity contribution in [1.82, 2.24) is 10.3 Å². The highest BCUT2D eigenvalue weighted by Crippen LogP contribution is 2.24. The van der Waals surface area contributed by atoms with Gasteiger partial charge in [0.05, 0.1) is 12.1 Å². The van der Waals surface area contributed by atoms with E-state index in [-0.39, 0.29) is 0 Å². The van der Waals surface area contributed by atoms with Crippen LogP contribution in [0.2, 0.25) is 5.02 Å². The predicted molar refractivity (Wildman–Crippen MR) is 87.1 cm³/mol. The van der Waals surface area contributed by atoms with E-state index in [0.717, 1.165) is 35.7 Å². The Morgan fingerprint density at radius 2 is 1.95 bits per heavy atom. The molecule has 1 aromatic heterocycles. The summed E-state index contributed by atoms with van der Waals surface area (Å²) in [4.78, 5) is 4.04. The van der Waals surface area contributed by atoms with Gasteiger partial charge in [0, 0.05) is 12.4 Å². The molecule has 1 unspecified atom stereocenters. The zero-order chi connectivity index (χ0) is 15.1. The van der Waals surface area contributed by atoms with Crippen LogP contribution >= 0.6 is 11.6 Å². The summed E-state index contributed by atoms with van der Waals surface area (Å²) >= 11 is 6.22. The lowest BCUT2D eigenvalue weighted by Crippen LogP contribution is -2.23. The molecule has 0 saturated heterocycles. The average Bonchev–Trinajstić information content (AvgIpc) is 2.50. The fourth-order valence-corrected chi connectivity index (χ4v) is 2.76. The summed E-state index contributed by atoms with van der Waals surface area (Å²) in [5.41, 5.74) is 2.37. The summed E-state index contributed by atoms with van der Waals surface area (Å²) in [6.07, 6.45) is 5.36. The molecule has 112 valence electrons. The zero-order valence-electron chi connectivity index (χ0n) is 12.5. The van der Waals surface area contributed by atoms with Gasteiger partial charge in [-0.2, -0.15) is 0 Å². The van der Waals surface area contributed by atoms with E-state index in [1.807, 2.05) is 31.3 Å². The topological polar surface area (TPSA) is 34.2 Å². The molecule has 1 N–H and O–H groups in total. The molecule has 1 atom stereocenters. The summed E-state index contributed by atoms with van der Waals surface area (Å²) in [5.74, 6) is 1.39. The van der Waals surface area contributed by atoms with Crippen LogP contribution in [-0.4, -0.2) is 25.7 Å². The number of hydrogen-bond acceptors (Lipinski definition) is 3. The third kappa shape index (κ3) is 4.45. The van der Waals surface area contributed by atoms with Crippen molar-refractivity contribution in [3.63, 3.8) is 0 Å². The lowest BCUT2D eigenvalue weighted by Gasteiger charge is -2.19. The number of pyridine rings is 1. The molecule has 3 nitrogen and oxygen atoms in total. The van der Waals surface area contributed by atoms with Crippen LogP contribution < -0.4 is 10.1 Å². The third-order valence-corrected chi connectivity index (χ3v) is 3.90. The van der Waals surface area contributed by atoms with E-state index < -0.39 is 0 Å². The van der Waals surface area contributed by atoms with Crippen LogP contribution in [0.15, 0.2) is 42.7 Å². The minimum Gasteiger partial charge on any atom is -0.496 e. The van der Waals surface area contributed by atoms with E-state index in [1.165, 1.54) is 5.56 Å². The van der Waals surface area contributed by atoms with Gasteiger partial charge >= 0.3 is 0 Å². The maximum Gasteiger partial charge on any atom is 0.122 e. The zero-order valence-corrected chi connectivity index (χ0v) is 13.2. The van der Waals surface area contributed by atoms with Crippen LogP contribution in [0.5, 0.6) is 5.75 Å². The smallest absolute Gasteiger partial charge is 0.122 e. The molecule has 0 aliphatic heterocycles. The van der Waals surface area contributed by atoms with E-state index in [4.69, 9.17) is 16.3 Å². The maximum atomic E-state index is 6.22. The van der Waals surface area contributed by atoms with Crippen molar-refractivity contribution in [3.8, 4) is 5.75 Å². The number of hydrogen-bond donors (Lipinski definition) is 1. The molecule has 0 spiro atoms. The summed E-state index contributed by atoms with van der Waals surface area (Å²) in [7, 11) is 3.69. The van der Waals surface area contributed by atoms with Gasteiger partial charge in [-0.15, -0.1) is 0 Å². The van der Waals surface area contributed by atoms with E-state index in [0.29, 0.717) is 5.92 Å². The summed E-state index contributed by atoms with van der Waals surface area (Å²) in [5, 5.41) is 4.00. The monoisotopic (exact) mass is 304 g/mol. The van der Waals surface area contributed by atoms with Crippen molar-refractivity contribution >= 4 is 11.6 Å². The summed E-state index contributed by atoms with van der Waals surface area (Å²) in [6.45, 7) is 0.927. The first kappa shape index (κ1) is 15.8. The van der Waals surface area contributed by atoms with Crippen LogP contribution in [0.3, 0.4) is 0 Å². The Bertz CT molecular complexity index is 574. The number of ether oxygens (including phenoxy) is 1. The fraction of sp³-hybridized carbons (Fsp3) is 0.353. The molecule has 0 aliphatic rings. The lowest BCUT2D eigenvalue weighted by atomic mass is 9.92. The Morgan fingerprint density at radius 1 is 1.19 bits per heavy atom. The van der Waals surface area contributed by atoms with E-state index >= 15 is 0 Å². The highest BCUT2D eigenvalue weighted by atomic mass is 35.5. The van der Waals surface area contributed by atoms with Gasteiger partial charge in [0.25, 0.3) is 0 Å². The molecular formula is C17H21ClN2O. The number of benzene rings is 1. The molecular weight excluding hydrogens is 284 g/mol. The number of para-hydroxylation sites is 1. The van der Waals surface area contributed by atoms with E-state index in [9.17, 15) is 0 Å². The molecule has 0 bridgehead atoms. The van der Waals surface area contributed by atoms with Crippen molar-refractivity contribution in [1.29, 1.82) is 0 Å². The third-order valence-electron chi connectivity index (χ3n) is 3.56. The van der Waals surface area contributed by atoms with Gasteiger partial charge in [-0.25, -0.2) is 0 Å². The molecule has 2 aromatic rings. The number of methoxy groups -OCH3 is 1. The highest BCUT2D eigenvalue weighted by Gasteiger charge is 2.14. The van der Waals surface area contributed by atoms with Crippen molar-refractivity contribution in [2.45, 2.75) is 12.8 Å². The highest BCUT2D eigenvalue weighted by molar-refractivity contribution is 6.31. The largest absolute Gasteiger partial charge is 0.496 e. The molecule has 0 aliphatic carbocycles. The average molecular weight is 305 g/mol. The molecule has 21 heavy (non-hydrogen) atoms. The van der Waals surface area contributed by atoms with Crippen molar-refractivity contribution in [3.05, 3.63) is 58.9 Å². The number of halogens is 1. The molecule has 1 heterocycles. The first-order valence-corrected chi connectivity index (χ1v) is 7.47. The minimum atomic E-state index is 0.450. The Hall–Kier alpha value is -1.58. The predicted octanol–water partition coefficient (Wildman–Crippen LogP) is 3.36. The van der Waals surface area contributed by atoms with Gasteiger partial charge in [0.2, 0.25) is 0 Å². The van der Waals surface area contributed by atoms with E-state index in [2.05, 4.69) is 16.4 Å². The Balaban J connectivity index is 2.14. The standard InChI is InChI=1S/C17H21ClN2O/c1-19-11-13(9-14-7-8-20-12-16(14)18)10-15-5-3-4-6-17(15)21-2/h3-8,12-13,19H,9-11H2,1-2H3. The number of rotatable bonds is 7. The number of nitrogens with zero attached hydrogens (tertiary/aromatic N) is 1. The first-order chi connectivity index (χ1) is 10.2. The van der Waals surface area contributed by atoms with Crippen LogP contribution in [0.25, 0.3) is 0 Å². The molecule has 0 fully saturated rings. The quantitative estimate of drug-likeness (QED) is 0.851. The van der Waals surface area contributed by atoms with Gasteiger partial charge in [-0.3, -0.25) is 4.98 Å². The Morgan fingerprint density at radius 3 is 2.67 bits per heavy atom. The van der Waals surface area contributed by atoms with Crippen LogP contribution in [0, 0.1) is 5.92 Å². The molecule has 0 amide bonds. The summed E-state index contributed by atoms with van der Waals surface area (Å²) in [6, 6.07) is 10.2. The van der Waals surface area contributed by atoms with Crippen LogP contribution in [-0.2, 0) is 12.8 Å². The van der Waals surface area contributed by atoms with Gasteiger partial charge < -0.3 is 10.1 Å². The first-order valence-electron chi connectivity index (χ1n) is 7.09. The second-order valence-corrected chi connectivity index (χ2v) is 5.52. The van der Waals surface area contributed by atoms with E-state index in [1.54, 1.807) is 19.5 Å². The SMILES string of the molecule is CNCC(Cc1ccncc1Cl)Cc1ccccc1OC. The summed E-state index contributed by atoms with van der Waals surface area (Å²) < 4.78 is 5.44. The second-order valence-electron chi connectivity index (χ2n) is 5.11. The molecule has 1 aromatic carbocycles. The van der Waals surface area contributed by atoms with Crippen LogP contribution in [0.4, 0.5) is 0 Å². The maximum absolute atomic E-state index is 6.22. The van der Waals surface area contributed by atoms with Gasteiger partial charge in [-0.1, -0.05) is 29.8 Å². The lowest BCUT2D eigenvalue weighted by molar-refractivity contribution is 0.402. The van der Waals surface area contributed by atoms with Gasteiger partial charge in [-0.05, 0) is 55.6 Å². The molecule has 4 heteroatoms. The second kappa shape index (κ2) is 8.01. The number of aromatic nitrogens is 1. The normalized spacial score (nSPS) is 12.1. The molecule has 2 rings (SSSR count). The van der Waals surface area contributed by atoms with Crippen molar-refractivity contribution < 1.29 is 4.74 Å². The molecule has 0 saturated carbocycles. The minimum absolute atomic E-state index is 0.450. The fourth-order valence-electron chi connectivity index (χ4n) is 2.57. The van der Waals surface area contributed by atoms with Gasteiger partial charge in [0.15, 0.2) is 0 Å². The number of nitrogens with one attached hydrogen (secondary N) is 1. The Kier molecular flexibility index (Phi) is 6.03. The van der Waals surface area contributed by atoms with Crippen LogP contribution in [0.1, 0.15) is 11.1 Å². The van der Waals surface area contributed by atoms with Crippen molar-refractivity contribution in [2.24, 2.45) is 5.92 Å². The van der Waals surface area contributed by atoms with Gasteiger partial charge in [0.1, 0.15) is 5.75 Å². The molecule has 0 radical (unpaired) electrons. The van der Waals surface area contributed by atoms with Crippen molar-refractivity contribution in [2.75, 3.05) is 20.7 Å². The Labute approximate surface area is 131 Å².